The number of anilines is 3. The molecule has 7 nitrogen and oxygen atoms in total. The van der Waals surface area contributed by atoms with E-state index in [-0.39, 0.29) is 5.78 Å². The van der Waals surface area contributed by atoms with Crippen LogP contribution in [0.15, 0.2) is 36.4 Å². The molecule has 1 aromatic carbocycles. The Morgan fingerprint density at radius 2 is 1.81 bits per heavy atom. The molecule has 0 amide bonds. The fourth-order valence-corrected chi connectivity index (χ4v) is 5.21. The molecule has 192 valence electrons. The zero-order chi connectivity index (χ0) is 24.9. The SMILES string of the molecule is CCCN(CC1CC1)c1ccc2nc(Nc3ccc(C(C)=O)cc3)n(CCCN3CCCCC3)c2n1. The molecule has 36 heavy (non-hydrogen) atoms. The maximum Gasteiger partial charge on any atom is 0.209 e. The van der Waals surface area contributed by atoms with Gasteiger partial charge in [0, 0.05) is 30.9 Å². The quantitative estimate of drug-likeness (QED) is 0.321. The number of imidazole rings is 1. The first-order chi connectivity index (χ1) is 17.6. The minimum absolute atomic E-state index is 0.0751. The van der Waals surface area contributed by atoms with Crippen molar-refractivity contribution in [3.05, 3.63) is 42.0 Å². The van der Waals surface area contributed by atoms with Crippen LogP contribution in [0.25, 0.3) is 11.2 Å². The monoisotopic (exact) mass is 488 g/mol. The average Bonchev–Trinajstić information content (AvgIpc) is 3.65. The number of piperidine rings is 1. The number of nitrogens with zero attached hydrogens (tertiary/aromatic N) is 5. The van der Waals surface area contributed by atoms with Gasteiger partial charge in [-0.25, -0.2) is 9.97 Å². The zero-order valence-corrected chi connectivity index (χ0v) is 21.9. The van der Waals surface area contributed by atoms with Gasteiger partial charge in [0.2, 0.25) is 5.95 Å². The lowest BCUT2D eigenvalue weighted by Crippen LogP contribution is -2.31. The van der Waals surface area contributed by atoms with Crippen LogP contribution in [0.1, 0.15) is 69.2 Å². The normalized spacial score (nSPS) is 16.4. The van der Waals surface area contributed by atoms with Gasteiger partial charge < -0.3 is 15.1 Å². The van der Waals surface area contributed by atoms with E-state index in [4.69, 9.17) is 9.97 Å². The maximum absolute atomic E-state index is 11.7. The number of benzene rings is 1. The summed E-state index contributed by atoms with van der Waals surface area (Å²) in [6.45, 7) is 10.4. The zero-order valence-electron chi connectivity index (χ0n) is 21.9. The minimum atomic E-state index is 0.0751. The maximum atomic E-state index is 11.7. The van der Waals surface area contributed by atoms with Crippen molar-refractivity contribution < 1.29 is 4.79 Å². The van der Waals surface area contributed by atoms with E-state index < -0.39 is 0 Å². The third kappa shape index (κ3) is 6.06. The van der Waals surface area contributed by atoms with E-state index in [1.165, 1.54) is 45.2 Å². The number of carbonyl (C=O) groups is 1. The van der Waals surface area contributed by atoms with Crippen molar-refractivity contribution in [3.8, 4) is 0 Å². The molecule has 0 bridgehead atoms. The van der Waals surface area contributed by atoms with Crippen molar-refractivity contribution in [2.75, 3.05) is 42.9 Å². The first-order valence-corrected chi connectivity index (χ1v) is 13.8. The number of hydrogen-bond donors (Lipinski definition) is 1. The number of aryl methyl sites for hydroxylation is 1. The number of ketones is 1. The smallest absolute Gasteiger partial charge is 0.209 e. The number of Topliss-reactive ketones (excluding diaryl/α,β-unsaturated/α-hetero) is 1. The van der Waals surface area contributed by atoms with Crippen LogP contribution in [0.4, 0.5) is 17.5 Å². The Balaban J connectivity index is 1.41. The molecule has 0 atom stereocenters. The molecular formula is C29H40N6O. The van der Waals surface area contributed by atoms with Gasteiger partial charge in [0.25, 0.3) is 0 Å². The van der Waals surface area contributed by atoms with Crippen LogP contribution in [0.5, 0.6) is 0 Å². The summed E-state index contributed by atoms with van der Waals surface area (Å²) in [6, 6.07) is 11.9. The average molecular weight is 489 g/mol. The van der Waals surface area contributed by atoms with E-state index in [0.717, 1.165) is 73.6 Å². The van der Waals surface area contributed by atoms with Crippen LogP contribution in [0, 0.1) is 5.92 Å². The number of hydrogen-bond acceptors (Lipinski definition) is 6. The summed E-state index contributed by atoms with van der Waals surface area (Å²) >= 11 is 0. The van der Waals surface area contributed by atoms with E-state index in [2.05, 4.69) is 38.7 Å². The van der Waals surface area contributed by atoms with Crippen LogP contribution in [-0.2, 0) is 6.54 Å². The molecule has 2 aromatic heterocycles. The Bertz CT molecular complexity index is 1160. The second-order valence-corrected chi connectivity index (χ2v) is 10.5. The first kappa shape index (κ1) is 24.8. The van der Waals surface area contributed by atoms with E-state index in [9.17, 15) is 4.79 Å². The molecule has 1 N–H and O–H groups in total. The van der Waals surface area contributed by atoms with Crippen molar-refractivity contribution >= 4 is 34.4 Å². The Labute approximate surface area is 214 Å². The molecule has 1 aliphatic heterocycles. The highest BCUT2D eigenvalue weighted by Crippen LogP contribution is 2.32. The molecule has 3 aromatic rings. The molecule has 2 aliphatic rings. The van der Waals surface area contributed by atoms with Crippen LogP contribution >= 0.6 is 0 Å². The van der Waals surface area contributed by atoms with Crippen molar-refractivity contribution in [3.63, 3.8) is 0 Å². The van der Waals surface area contributed by atoms with Crippen molar-refractivity contribution in [1.82, 2.24) is 19.4 Å². The third-order valence-corrected chi connectivity index (χ3v) is 7.42. The summed E-state index contributed by atoms with van der Waals surface area (Å²) < 4.78 is 2.25. The third-order valence-electron chi connectivity index (χ3n) is 7.42. The van der Waals surface area contributed by atoms with E-state index in [0.29, 0.717) is 5.56 Å². The summed E-state index contributed by atoms with van der Waals surface area (Å²) in [5, 5.41) is 3.51. The standard InChI is InChI=1S/C29H40N6O/c1-3-16-34(21-23-8-9-23)27-15-14-26-28(32-27)35(20-7-19-33-17-5-4-6-18-33)29(31-26)30-25-12-10-24(11-13-25)22(2)36/h10-15,23H,3-9,16-21H2,1-2H3,(H,30,31). The Hall–Kier alpha value is -2.93. The summed E-state index contributed by atoms with van der Waals surface area (Å²) in [7, 11) is 0. The van der Waals surface area contributed by atoms with Crippen LogP contribution in [0.2, 0.25) is 0 Å². The highest BCUT2D eigenvalue weighted by molar-refractivity contribution is 5.94. The van der Waals surface area contributed by atoms with Gasteiger partial charge in [0.1, 0.15) is 11.3 Å². The topological polar surface area (TPSA) is 66.3 Å². The Kier molecular flexibility index (Phi) is 7.85. The fourth-order valence-electron chi connectivity index (χ4n) is 5.21. The number of fused-ring (bicyclic) bond motifs is 1. The molecule has 2 fully saturated rings. The Morgan fingerprint density at radius 1 is 1.03 bits per heavy atom. The van der Waals surface area contributed by atoms with Gasteiger partial charge in [-0.3, -0.25) is 9.36 Å². The van der Waals surface area contributed by atoms with Gasteiger partial charge in [0.15, 0.2) is 11.4 Å². The molecule has 1 saturated carbocycles. The Morgan fingerprint density at radius 3 is 2.50 bits per heavy atom. The lowest BCUT2D eigenvalue weighted by Gasteiger charge is -2.26. The van der Waals surface area contributed by atoms with E-state index in [1.54, 1.807) is 6.92 Å². The first-order valence-electron chi connectivity index (χ1n) is 13.8. The lowest BCUT2D eigenvalue weighted by molar-refractivity contribution is 0.101. The van der Waals surface area contributed by atoms with Gasteiger partial charge in [-0.1, -0.05) is 13.3 Å². The fraction of sp³-hybridized carbons (Fsp3) is 0.552. The highest BCUT2D eigenvalue weighted by atomic mass is 16.1. The molecule has 0 radical (unpaired) electrons. The second kappa shape index (κ2) is 11.4. The molecular weight excluding hydrogens is 448 g/mol. The number of nitrogens with one attached hydrogen (secondary N) is 1. The van der Waals surface area contributed by atoms with Crippen LogP contribution in [-0.4, -0.2) is 57.9 Å². The van der Waals surface area contributed by atoms with Gasteiger partial charge in [-0.15, -0.1) is 0 Å². The highest BCUT2D eigenvalue weighted by Gasteiger charge is 2.25. The largest absolute Gasteiger partial charge is 0.356 e. The number of aromatic nitrogens is 3. The number of carbonyl (C=O) groups excluding carboxylic acids is 1. The van der Waals surface area contributed by atoms with E-state index >= 15 is 0 Å². The molecule has 1 saturated heterocycles. The number of pyridine rings is 1. The summed E-state index contributed by atoms with van der Waals surface area (Å²) in [4.78, 5) is 26.8. The molecule has 0 spiro atoms. The predicted octanol–water partition coefficient (Wildman–Crippen LogP) is 5.88. The number of rotatable bonds is 12. The lowest BCUT2D eigenvalue weighted by atomic mass is 10.1. The van der Waals surface area contributed by atoms with Crippen molar-refractivity contribution in [2.45, 2.75) is 65.3 Å². The van der Waals surface area contributed by atoms with Crippen molar-refractivity contribution in [2.24, 2.45) is 5.92 Å². The summed E-state index contributed by atoms with van der Waals surface area (Å²) in [5.74, 6) is 2.77. The number of likely N-dealkylation sites (tertiary alicyclic amines) is 1. The van der Waals surface area contributed by atoms with E-state index in [1.807, 2.05) is 24.3 Å². The minimum Gasteiger partial charge on any atom is -0.356 e. The molecule has 3 heterocycles. The molecule has 0 unspecified atom stereocenters. The molecule has 5 rings (SSSR count). The predicted molar refractivity (Wildman–Crippen MR) is 147 cm³/mol. The van der Waals surface area contributed by atoms with Crippen LogP contribution in [0.3, 0.4) is 0 Å². The summed E-state index contributed by atoms with van der Waals surface area (Å²) in [5.41, 5.74) is 3.51. The van der Waals surface area contributed by atoms with Gasteiger partial charge in [-0.05, 0) is 107 Å². The molecule has 1 aliphatic carbocycles. The molecule has 7 heteroatoms. The van der Waals surface area contributed by atoms with Crippen LogP contribution < -0.4 is 10.2 Å². The summed E-state index contributed by atoms with van der Waals surface area (Å²) in [6.07, 6.45) is 8.86. The van der Waals surface area contributed by atoms with Gasteiger partial charge in [0.05, 0.1) is 0 Å². The van der Waals surface area contributed by atoms with Gasteiger partial charge in [-0.2, -0.15) is 0 Å². The second-order valence-electron chi connectivity index (χ2n) is 10.5. The van der Waals surface area contributed by atoms with Gasteiger partial charge >= 0.3 is 0 Å². The van der Waals surface area contributed by atoms with Crippen molar-refractivity contribution in [1.29, 1.82) is 0 Å².